The monoisotopic (exact) mass is 648 g/mol. The van der Waals surface area contributed by atoms with Crippen LogP contribution in [0.3, 0.4) is 0 Å². The molecule has 1 N–H and O–H groups in total. The Morgan fingerprint density at radius 3 is 2.42 bits per heavy atom. The van der Waals surface area contributed by atoms with Crippen molar-refractivity contribution in [3.63, 3.8) is 0 Å². The molecule has 1 aromatic carbocycles. The van der Waals surface area contributed by atoms with Crippen LogP contribution in [-0.2, 0) is 27.3 Å². The van der Waals surface area contributed by atoms with Gasteiger partial charge in [-0.1, -0.05) is 12.8 Å². The molecule has 0 bridgehead atoms. The normalized spacial score (nSPS) is 17.2. The van der Waals surface area contributed by atoms with Crippen LogP contribution < -0.4 is 15.0 Å². The van der Waals surface area contributed by atoms with Crippen molar-refractivity contribution < 1.29 is 31.1 Å². The van der Waals surface area contributed by atoms with Crippen molar-refractivity contribution in [3.8, 4) is 11.8 Å². The van der Waals surface area contributed by atoms with Gasteiger partial charge >= 0.3 is 6.18 Å². The quantitative estimate of drug-likeness (QED) is 0.310. The Hall–Kier alpha value is -3.83. The fourth-order valence-corrected chi connectivity index (χ4v) is 5.90. The second kappa shape index (κ2) is 15.0. The molecule has 244 valence electrons. The number of alkyl halides is 3. The summed E-state index contributed by atoms with van der Waals surface area (Å²) in [5, 5.41) is 12.9. The van der Waals surface area contributed by atoms with Crippen molar-refractivity contribution in [3.05, 3.63) is 70.8 Å². The van der Waals surface area contributed by atoms with E-state index < -0.39 is 27.8 Å². The lowest BCUT2D eigenvalue weighted by Gasteiger charge is -2.35. The summed E-state index contributed by atoms with van der Waals surface area (Å²) in [7, 11) is -1.65. The Bertz CT molecular complexity index is 1520. The molecule has 1 atom stereocenters. The van der Waals surface area contributed by atoms with Crippen molar-refractivity contribution >= 4 is 15.8 Å². The third kappa shape index (κ3) is 9.83. The summed E-state index contributed by atoms with van der Waals surface area (Å²) in [4.78, 5) is 12.9. The SMILES string of the molecule is CCN(CC1CCCC1)C1=C(CN(Cc2cc(C#N)cc(C(F)(F)F)c2)c2ncc(OCCS(C)(=O)=O)cn2)NC(OC)C=C1. The van der Waals surface area contributed by atoms with E-state index in [1.165, 1.54) is 44.1 Å². The smallest absolute Gasteiger partial charge is 0.416 e. The molecule has 2 heterocycles. The standard InChI is InChI=1S/C31H39F3N6O4S/c1-4-39(19-22-7-5-6-8-22)28-9-10-29(43-2)38-27(28)21-40(20-24-13-23(16-35)14-25(15-24)31(32,33)34)30-36-17-26(18-37-30)44-11-12-45(3,41)42/h9-10,13-15,17-18,22,29,38H,4-8,11-12,19-21H2,1-3H3. The van der Waals surface area contributed by atoms with Crippen LogP contribution in [0.4, 0.5) is 19.1 Å². The van der Waals surface area contributed by atoms with Crippen molar-refractivity contribution in [2.24, 2.45) is 5.92 Å². The number of hydrogen-bond acceptors (Lipinski definition) is 10. The highest BCUT2D eigenvalue weighted by molar-refractivity contribution is 7.90. The molecular weight excluding hydrogens is 609 g/mol. The molecule has 0 saturated heterocycles. The van der Waals surface area contributed by atoms with Gasteiger partial charge in [-0.3, -0.25) is 0 Å². The molecule has 0 radical (unpaired) electrons. The van der Waals surface area contributed by atoms with Crippen LogP contribution in [-0.4, -0.2) is 74.9 Å². The van der Waals surface area contributed by atoms with Crippen molar-refractivity contribution in [2.45, 2.75) is 51.6 Å². The number of likely N-dealkylation sites (N-methyl/N-ethyl adjacent to an activating group) is 1. The zero-order valence-electron chi connectivity index (χ0n) is 25.7. The highest BCUT2D eigenvalue weighted by Crippen LogP contribution is 2.32. The lowest BCUT2D eigenvalue weighted by atomic mass is 10.0. The average Bonchev–Trinajstić information content (AvgIpc) is 3.52. The number of dihydropyridines is 1. The molecule has 1 fully saturated rings. The molecule has 1 unspecified atom stereocenters. The Morgan fingerprint density at radius 2 is 1.82 bits per heavy atom. The maximum Gasteiger partial charge on any atom is 0.416 e. The number of nitrogens with one attached hydrogen (secondary N) is 1. The Morgan fingerprint density at radius 1 is 1.11 bits per heavy atom. The van der Waals surface area contributed by atoms with Gasteiger partial charge in [0.05, 0.1) is 53.3 Å². The van der Waals surface area contributed by atoms with E-state index in [-0.39, 0.29) is 48.3 Å². The second-order valence-corrected chi connectivity index (χ2v) is 13.6. The summed E-state index contributed by atoms with van der Waals surface area (Å²) in [6.07, 6.45) is 7.56. The first kappa shape index (κ1) is 34.1. The van der Waals surface area contributed by atoms with Gasteiger partial charge in [0.25, 0.3) is 0 Å². The minimum Gasteiger partial charge on any atom is -0.489 e. The van der Waals surface area contributed by atoms with Crippen LogP contribution in [0.2, 0.25) is 0 Å². The van der Waals surface area contributed by atoms with Gasteiger partial charge in [-0.2, -0.15) is 18.4 Å². The third-order valence-corrected chi connectivity index (χ3v) is 8.68. The molecule has 1 aliphatic carbocycles. The molecule has 10 nitrogen and oxygen atoms in total. The number of halogens is 3. The molecule has 1 saturated carbocycles. The van der Waals surface area contributed by atoms with Gasteiger partial charge in [0, 0.05) is 33.0 Å². The number of rotatable bonds is 14. The average molecular weight is 649 g/mol. The minimum atomic E-state index is -4.63. The van der Waals surface area contributed by atoms with E-state index in [1.54, 1.807) is 12.0 Å². The van der Waals surface area contributed by atoms with Crippen LogP contribution in [0.15, 0.2) is 54.1 Å². The number of aromatic nitrogens is 2. The van der Waals surface area contributed by atoms with E-state index >= 15 is 0 Å². The lowest BCUT2D eigenvalue weighted by molar-refractivity contribution is -0.137. The van der Waals surface area contributed by atoms with Crippen molar-refractivity contribution in [1.82, 2.24) is 20.2 Å². The molecule has 0 spiro atoms. The van der Waals surface area contributed by atoms with Gasteiger partial charge in [-0.05, 0) is 61.6 Å². The van der Waals surface area contributed by atoms with Gasteiger partial charge in [-0.25, -0.2) is 18.4 Å². The van der Waals surface area contributed by atoms with Crippen LogP contribution in [0.1, 0.15) is 49.3 Å². The number of methoxy groups -OCH3 is 1. The second-order valence-electron chi connectivity index (χ2n) is 11.3. The summed E-state index contributed by atoms with van der Waals surface area (Å²) in [6, 6.07) is 5.10. The number of nitriles is 1. The first-order chi connectivity index (χ1) is 21.4. The van der Waals surface area contributed by atoms with Crippen molar-refractivity contribution in [2.75, 3.05) is 50.3 Å². The number of anilines is 1. The van der Waals surface area contributed by atoms with Crippen LogP contribution in [0.25, 0.3) is 0 Å². The van der Waals surface area contributed by atoms with Crippen LogP contribution in [0, 0.1) is 17.2 Å². The Balaban J connectivity index is 1.70. The summed E-state index contributed by atoms with van der Waals surface area (Å²) in [5.74, 6) is 0.859. The maximum absolute atomic E-state index is 13.7. The molecule has 4 rings (SSSR count). The highest BCUT2D eigenvalue weighted by atomic mass is 32.2. The fraction of sp³-hybridized carbons (Fsp3) is 0.516. The van der Waals surface area contributed by atoms with Crippen LogP contribution >= 0.6 is 0 Å². The van der Waals surface area contributed by atoms with Crippen LogP contribution in [0.5, 0.6) is 5.75 Å². The largest absolute Gasteiger partial charge is 0.489 e. The number of sulfone groups is 1. The molecule has 1 aliphatic heterocycles. The molecule has 45 heavy (non-hydrogen) atoms. The first-order valence-corrected chi connectivity index (χ1v) is 16.9. The van der Waals surface area contributed by atoms with E-state index in [1.807, 2.05) is 18.2 Å². The van der Waals surface area contributed by atoms with E-state index in [2.05, 4.69) is 27.1 Å². The summed E-state index contributed by atoms with van der Waals surface area (Å²) in [5.41, 5.74) is 0.966. The number of allylic oxidation sites excluding steroid dienone is 1. The van der Waals surface area contributed by atoms with Gasteiger partial charge < -0.3 is 24.6 Å². The zero-order valence-corrected chi connectivity index (χ0v) is 26.5. The molecule has 14 heteroatoms. The molecule has 0 amide bonds. The fourth-order valence-electron chi connectivity index (χ4n) is 5.51. The topological polar surface area (TPSA) is 121 Å². The first-order valence-electron chi connectivity index (χ1n) is 14.8. The highest BCUT2D eigenvalue weighted by Gasteiger charge is 2.32. The van der Waals surface area contributed by atoms with Gasteiger partial charge in [0.2, 0.25) is 5.95 Å². The van der Waals surface area contributed by atoms with E-state index in [4.69, 9.17) is 9.47 Å². The predicted molar refractivity (Wildman–Crippen MR) is 164 cm³/mol. The summed E-state index contributed by atoms with van der Waals surface area (Å²) in [6.45, 7) is 3.80. The summed E-state index contributed by atoms with van der Waals surface area (Å²) >= 11 is 0. The Kier molecular flexibility index (Phi) is 11.3. The number of ether oxygens (including phenoxy) is 2. The van der Waals surface area contributed by atoms with E-state index in [0.717, 1.165) is 42.9 Å². The molecular formula is C31H39F3N6O4S. The van der Waals surface area contributed by atoms with Gasteiger partial charge in [0.15, 0.2) is 15.6 Å². The zero-order chi connectivity index (χ0) is 32.6. The Labute approximate surface area is 262 Å². The van der Waals surface area contributed by atoms with E-state index in [9.17, 15) is 26.9 Å². The van der Waals surface area contributed by atoms with Crippen molar-refractivity contribution in [1.29, 1.82) is 5.26 Å². The summed E-state index contributed by atoms with van der Waals surface area (Å²) < 4.78 is 75.1. The lowest BCUT2D eigenvalue weighted by Crippen LogP contribution is -2.42. The molecule has 2 aliphatic rings. The predicted octanol–water partition coefficient (Wildman–Crippen LogP) is 4.65. The van der Waals surface area contributed by atoms with Gasteiger partial charge in [0.1, 0.15) is 12.8 Å². The number of hydrogen-bond donors (Lipinski definition) is 1. The van der Waals surface area contributed by atoms with E-state index in [0.29, 0.717) is 5.92 Å². The third-order valence-electron chi connectivity index (χ3n) is 7.78. The molecule has 1 aromatic heterocycles. The maximum atomic E-state index is 13.7. The number of nitrogens with zero attached hydrogens (tertiary/aromatic N) is 5. The molecule has 2 aromatic rings. The minimum absolute atomic E-state index is 0.0402. The number of benzene rings is 1. The van der Waals surface area contributed by atoms with Gasteiger partial charge in [-0.15, -0.1) is 0 Å².